The molecule has 0 atom stereocenters. The van der Waals surface area contributed by atoms with Crippen molar-refractivity contribution in [1.29, 1.82) is 0 Å². The molecule has 0 amide bonds. The van der Waals surface area contributed by atoms with Crippen LogP contribution in [0.4, 0.5) is 4.39 Å². The van der Waals surface area contributed by atoms with E-state index in [0.717, 1.165) is 11.1 Å². The molecule has 3 aromatic rings. The number of benzene rings is 1. The zero-order chi connectivity index (χ0) is 14.8. The fraction of sp³-hybridized carbons (Fsp3) is 0.133. The number of carbonyl (C=O) groups is 1. The Balaban J connectivity index is 2.02. The number of esters is 1. The number of hydrogen-bond donors (Lipinski definition) is 0. The van der Waals surface area contributed by atoms with Crippen LogP contribution in [-0.4, -0.2) is 26.9 Å². The first-order valence-corrected chi connectivity index (χ1v) is 6.45. The predicted molar refractivity (Wildman–Crippen MR) is 74.3 cm³/mol. The van der Waals surface area contributed by atoms with E-state index < -0.39 is 5.97 Å². The highest BCUT2D eigenvalue weighted by Gasteiger charge is 2.15. The van der Waals surface area contributed by atoms with Crippen LogP contribution < -0.4 is 0 Å². The maximum absolute atomic E-state index is 12.9. The number of hydrogen-bond acceptors (Lipinski definition) is 4. The molecule has 5 nitrogen and oxygen atoms in total. The third-order valence-corrected chi connectivity index (χ3v) is 3.02. The van der Waals surface area contributed by atoms with Gasteiger partial charge in [0, 0.05) is 18.0 Å². The van der Waals surface area contributed by atoms with Gasteiger partial charge in [0.15, 0.2) is 11.3 Å². The summed E-state index contributed by atoms with van der Waals surface area (Å²) in [5, 5.41) is 0. The molecular formula is C15H12FN3O2. The van der Waals surface area contributed by atoms with Crippen molar-refractivity contribution in [2.45, 2.75) is 6.92 Å². The lowest BCUT2D eigenvalue weighted by Crippen LogP contribution is -2.06. The Hall–Kier alpha value is -2.76. The molecule has 0 aliphatic rings. The standard InChI is InChI=1S/C15H12FN3O2/c1-2-21-15(20)13-14-17-7-11(8-19(14)9-18-13)10-3-5-12(16)6-4-10/h3-9H,2H2,1H3. The molecule has 0 saturated carbocycles. The van der Waals surface area contributed by atoms with Crippen molar-refractivity contribution in [3.05, 3.63) is 54.5 Å². The van der Waals surface area contributed by atoms with Crippen LogP contribution in [0.5, 0.6) is 0 Å². The molecule has 2 heterocycles. The van der Waals surface area contributed by atoms with Crippen LogP contribution >= 0.6 is 0 Å². The number of aromatic nitrogens is 3. The van der Waals surface area contributed by atoms with E-state index >= 15 is 0 Å². The summed E-state index contributed by atoms with van der Waals surface area (Å²) in [5.74, 6) is -0.790. The lowest BCUT2D eigenvalue weighted by molar-refractivity contribution is 0.0522. The third kappa shape index (κ3) is 2.47. The Morgan fingerprint density at radius 3 is 2.71 bits per heavy atom. The minimum absolute atomic E-state index is 0.183. The van der Waals surface area contributed by atoms with Crippen molar-refractivity contribution < 1.29 is 13.9 Å². The van der Waals surface area contributed by atoms with E-state index in [1.54, 1.807) is 35.9 Å². The van der Waals surface area contributed by atoms with Gasteiger partial charge in [-0.1, -0.05) is 12.1 Å². The van der Waals surface area contributed by atoms with Crippen molar-refractivity contribution in [1.82, 2.24) is 14.4 Å². The van der Waals surface area contributed by atoms with E-state index in [4.69, 9.17) is 4.74 Å². The van der Waals surface area contributed by atoms with Gasteiger partial charge in [0.05, 0.1) is 6.61 Å². The summed E-state index contributed by atoms with van der Waals surface area (Å²) >= 11 is 0. The Morgan fingerprint density at radius 2 is 2.00 bits per heavy atom. The number of nitrogens with zero attached hydrogens (tertiary/aromatic N) is 3. The van der Waals surface area contributed by atoms with Crippen LogP contribution in [0.1, 0.15) is 17.4 Å². The average Bonchev–Trinajstić information content (AvgIpc) is 2.91. The second kappa shape index (κ2) is 5.32. The summed E-state index contributed by atoms with van der Waals surface area (Å²) in [6.07, 6.45) is 4.90. The van der Waals surface area contributed by atoms with Gasteiger partial charge in [-0.25, -0.2) is 19.2 Å². The van der Waals surface area contributed by atoms with Gasteiger partial charge in [-0.15, -0.1) is 0 Å². The van der Waals surface area contributed by atoms with Crippen LogP contribution in [0.25, 0.3) is 16.8 Å². The van der Waals surface area contributed by atoms with E-state index in [1.165, 1.54) is 18.5 Å². The lowest BCUT2D eigenvalue weighted by Gasteiger charge is -2.03. The second-order valence-electron chi connectivity index (χ2n) is 4.39. The summed E-state index contributed by atoms with van der Waals surface area (Å²) in [5.41, 5.74) is 2.24. The molecule has 0 bridgehead atoms. The summed E-state index contributed by atoms with van der Waals surface area (Å²) in [6.45, 7) is 2.02. The second-order valence-corrected chi connectivity index (χ2v) is 4.39. The van der Waals surface area contributed by atoms with Crippen LogP contribution in [0, 0.1) is 5.82 Å². The highest BCUT2D eigenvalue weighted by molar-refractivity contribution is 5.93. The van der Waals surface area contributed by atoms with Crippen molar-refractivity contribution in [3.8, 4) is 11.1 Å². The number of ether oxygens (including phenoxy) is 1. The van der Waals surface area contributed by atoms with Crippen LogP contribution in [0.3, 0.4) is 0 Å². The highest BCUT2D eigenvalue weighted by Crippen LogP contribution is 2.20. The number of carbonyl (C=O) groups excluding carboxylic acids is 1. The fourth-order valence-electron chi connectivity index (χ4n) is 2.03. The van der Waals surface area contributed by atoms with Crippen molar-refractivity contribution in [3.63, 3.8) is 0 Å². The largest absolute Gasteiger partial charge is 0.461 e. The van der Waals surface area contributed by atoms with E-state index in [2.05, 4.69) is 9.97 Å². The smallest absolute Gasteiger partial charge is 0.360 e. The summed E-state index contributed by atoms with van der Waals surface area (Å²) in [4.78, 5) is 20.0. The monoisotopic (exact) mass is 285 g/mol. The molecular weight excluding hydrogens is 273 g/mol. The first-order valence-electron chi connectivity index (χ1n) is 6.45. The molecule has 0 N–H and O–H groups in total. The molecule has 1 aromatic carbocycles. The quantitative estimate of drug-likeness (QED) is 0.694. The molecule has 106 valence electrons. The maximum Gasteiger partial charge on any atom is 0.360 e. The third-order valence-electron chi connectivity index (χ3n) is 3.02. The summed E-state index contributed by atoms with van der Waals surface area (Å²) in [7, 11) is 0. The SMILES string of the molecule is CCOC(=O)c1ncn2cc(-c3ccc(F)cc3)cnc12. The molecule has 0 fully saturated rings. The van der Waals surface area contributed by atoms with Gasteiger partial charge in [-0.05, 0) is 24.6 Å². The summed E-state index contributed by atoms with van der Waals surface area (Å²) in [6, 6.07) is 6.11. The molecule has 3 rings (SSSR count). The molecule has 0 radical (unpaired) electrons. The molecule has 0 saturated heterocycles. The van der Waals surface area contributed by atoms with Gasteiger partial charge >= 0.3 is 5.97 Å². The number of rotatable bonds is 3. The number of imidazole rings is 1. The first-order chi connectivity index (χ1) is 10.2. The van der Waals surface area contributed by atoms with Gasteiger partial charge in [0.25, 0.3) is 0 Å². The molecule has 0 aliphatic heterocycles. The molecule has 6 heteroatoms. The Labute approximate surface area is 120 Å². The highest BCUT2D eigenvalue weighted by atomic mass is 19.1. The molecule has 2 aromatic heterocycles. The minimum Gasteiger partial charge on any atom is -0.461 e. The Bertz CT molecular complexity index is 796. The van der Waals surface area contributed by atoms with Gasteiger partial charge in [-0.2, -0.15) is 0 Å². The predicted octanol–water partition coefficient (Wildman–Crippen LogP) is 2.71. The van der Waals surface area contributed by atoms with Crippen LogP contribution in [0.15, 0.2) is 43.0 Å². The molecule has 0 unspecified atom stereocenters. The average molecular weight is 285 g/mol. The van der Waals surface area contributed by atoms with E-state index in [9.17, 15) is 9.18 Å². The zero-order valence-electron chi connectivity index (χ0n) is 11.3. The van der Waals surface area contributed by atoms with Gasteiger partial charge < -0.3 is 4.74 Å². The summed E-state index contributed by atoms with van der Waals surface area (Å²) < 4.78 is 19.5. The molecule has 0 aliphatic carbocycles. The molecule has 21 heavy (non-hydrogen) atoms. The van der Waals surface area contributed by atoms with Crippen molar-refractivity contribution in [2.75, 3.05) is 6.61 Å². The van der Waals surface area contributed by atoms with Gasteiger partial charge in [0.1, 0.15) is 12.1 Å². The minimum atomic E-state index is -0.498. The Kier molecular flexibility index (Phi) is 3.35. The number of halogens is 1. The van der Waals surface area contributed by atoms with Gasteiger partial charge in [-0.3, -0.25) is 4.40 Å². The maximum atomic E-state index is 12.9. The fourth-order valence-corrected chi connectivity index (χ4v) is 2.03. The normalized spacial score (nSPS) is 10.8. The van der Waals surface area contributed by atoms with Gasteiger partial charge in [0.2, 0.25) is 0 Å². The molecule has 0 spiro atoms. The van der Waals surface area contributed by atoms with Crippen LogP contribution in [-0.2, 0) is 4.74 Å². The topological polar surface area (TPSA) is 56.5 Å². The van der Waals surface area contributed by atoms with E-state index in [0.29, 0.717) is 5.65 Å². The van der Waals surface area contributed by atoms with E-state index in [1.807, 2.05) is 0 Å². The van der Waals surface area contributed by atoms with Crippen LogP contribution in [0.2, 0.25) is 0 Å². The number of fused-ring (bicyclic) bond motifs is 1. The van der Waals surface area contributed by atoms with E-state index in [-0.39, 0.29) is 18.1 Å². The lowest BCUT2D eigenvalue weighted by atomic mass is 10.1. The van der Waals surface area contributed by atoms with Crippen molar-refractivity contribution >= 4 is 11.6 Å². The van der Waals surface area contributed by atoms with Crippen molar-refractivity contribution in [2.24, 2.45) is 0 Å². The first kappa shape index (κ1) is 13.2. The zero-order valence-corrected chi connectivity index (χ0v) is 11.3. The Morgan fingerprint density at radius 1 is 1.24 bits per heavy atom.